The first-order chi connectivity index (χ1) is 13.6. The summed E-state index contributed by atoms with van der Waals surface area (Å²) < 4.78 is 23.8. The molecule has 0 bridgehead atoms. The fourth-order valence-electron chi connectivity index (χ4n) is 2.99. The number of anilines is 1. The maximum Gasteiger partial charge on any atom is 0.255 e. The van der Waals surface area contributed by atoms with E-state index in [4.69, 9.17) is 11.6 Å². The molecule has 1 aliphatic heterocycles. The molecule has 1 N–H and O–H groups in total. The highest BCUT2D eigenvalue weighted by Crippen LogP contribution is 2.28. The quantitative estimate of drug-likeness (QED) is 0.767. The Kier molecular flexibility index (Phi) is 6.26. The molecule has 1 unspecified atom stereocenters. The van der Waals surface area contributed by atoms with Crippen LogP contribution < -0.4 is 5.32 Å². The summed E-state index contributed by atoms with van der Waals surface area (Å²) in [5, 5.41) is 2.93. The lowest BCUT2D eigenvalue weighted by Crippen LogP contribution is -2.44. The SMILES string of the molecule is Cc1ccc(NC(=O)C2CSCN2C(=O)c2ccc(Cl)c(S(C)(=O)=O)c2)cc1C. The van der Waals surface area contributed by atoms with E-state index >= 15 is 0 Å². The average molecular weight is 453 g/mol. The Balaban J connectivity index is 1.82. The molecule has 0 radical (unpaired) electrons. The highest BCUT2D eigenvalue weighted by Gasteiger charge is 2.35. The number of carbonyl (C=O) groups excluding carboxylic acids is 2. The number of rotatable bonds is 4. The van der Waals surface area contributed by atoms with Crippen molar-refractivity contribution in [1.82, 2.24) is 4.90 Å². The molecule has 9 heteroatoms. The van der Waals surface area contributed by atoms with Crippen LogP contribution in [0.3, 0.4) is 0 Å². The lowest BCUT2D eigenvalue weighted by atomic mass is 10.1. The van der Waals surface area contributed by atoms with E-state index in [1.54, 1.807) is 0 Å². The van der Waals surface area contributed by atoms with Crippen molar-refractivity contribution in [3.63, 3.8) is 0 Å². The molecule has 2 amide bonds. The van der Waals surface area contributed by atoms with Crippen LogP contribution in [0.1, 0.15) is 21.5 Å². The van der Waals surface area contributed by atoms with Crippen molar-refractivity contribution < 1.29 is 18.0 Å². The van der Waals surface area contributed by atoms with Gasteiger partial charge in [0.1, 0.15) is 6.04 Å². The molecule has 2 aromatic rings. The fourth-order valence-corrected chi connectivity index (χ4v) is 5.45. The number of amides is 2. The van der Waals surface area contributed by atoms with Gasteiger partial charge in [0.15, 0.2) is 9.84 Å². The van der Waals surface area contributed by atoms with E-state index in [1.165, 1.54) is 34.9 Å². The van der Waals surface area contributed by atoms with Crippen molar-refractivity contribution in [3.8, 4) is 0 Å². The van der Waals surface area contributed by atoms with Gasteiger partial charge in [-0.1, -0.05) is 17.7 Å². The summed E-state index contributed by atoms with van der Waals surface area (Å²) in [6.45, 7) is 3.96. The van der Waals surface area contributed by atoms with Gasteiger partial charge in [-0.15, -0.1) is 11.8 Å². The van der Waals surface area contributed by atoms with Gasteiger partial charge in [0.25, 0.3) is 5.91 Å². The Hall–Kier alpha value is -2.03. The molecule has 29 heavy (non-hydrogen) atoms. The Labute approximate surface area is 179 Å². The molecule has 0 saturated carbocycles. The Bertz CT molecular complexity index is 1090. The molecule has 1 atom stereocenters. The van der Waals surface area contributed by atoms with Gasteiger partial charge in [0, 0.05) is 23.3 Å². The number of hydrogen-bond donors (Lipinski definition) is 1. The minimum atomic E-state index is -3.58. The van der Waals surface area contributed by atoms with Crippen LogP contribution in [0, 0.1) is 13.8 Å². The third kappa shape index (κ3) is 4.76. The molecule has 1 aliphatic rings. The highest BCUT2D eigenvalue weighted by atomic mass is 35.5. The highest BCUT2D eigenvalue weighted by molar-refractivity contribution is 7.99. The van der Waals surface area contributed by atoms with Gasteiger partial charge in [-0.25, -0.2) is 8.42 Å². The lowest BCUT2D eigenvalue weighted by Gasteiger charge is -2.23. The molecule has 154 valence electrons. The number of halogens is 1. The van der Waals surface area contributed by atoms with Gasteiger partial charge in [-0.05, 0) is 55.3 Å². The smallest absolute Gasteiger partial charge is 0.255 e. The second-order valence-corrected chi connectivity index (χ2v) is 10.4. The molecule has 6 nitrogen and oxygen atoms in total. The van der Waals surface area contributed by atoms with Crippen molar-refractivity contribution in [1.29, 1.82) is 0 Å². The molecule has 1 heterocycles. The van der Waals surface area contributed by atoms with E-state index in [9.17, 15) is 18.0 Å². The van der Waals surface area contributed by atoms with E-state index in [-0.39, 0.29) is 21.4 Å². The van der Waals surface area contributed by atoms with Crippen LogP contribution in [0.25, 0.3) is 0 Å². The second-order valence-electron chi connectivity index (χ2n) is 7.00. The fraction of sp³-hybridized carbons (Fsp3) is 0.300. The number of thioether (sulfide) groups is 1. The van der Waals surface area contributed by atoms with E-state index in [1.807, 2.05) is 32.0 Å². The molecule has 1 fully saturated rings. The van der Waals surface area contributed by atoms with E-state index in [0.717, 1.165) is 17.4 Å². The Morgan fingerprint density at radius 2 is 1.86 bits per heavy atom. The third-order valence-electron chi connectivity index (χ3n) is 4.80. The van der Waals surface area contributed by atoms with Crippen LogP contribution >= 0.6 is 23.4 Å². The van der Waals surface area contributed by atoms with Gasteiger partial charge in [0.05, 0.1) is 15.8 Å². The second kappa shape index (κ2) is 8.38. The van der Waals surface area contributed by atoms with Crippen LogP contribution in [0.5, 0.6) is 0 Å². The van der Waals surface area contributed by atoms with Gasteiger partial charge >= 0.3 is 0 Å². The molecule has 0 spiro atoms. The molecule has 3 rings (SSSR count). The minimum absolute atomic E-state index is 0.0591. The molecular weight excluding hydrogens is 432 g/mol. The summed E-state index contributed by atoms with van der Waals surface area (Å²) in [6, 6.07) is 9.12. The maximum absolute atomic E-state index is 13.0. The standard InChI is InChI=1S/C20H21ClN2O4S2/c1-12-4-6-15(8-13(12)2)22-19(24)17-10-28-11-23(17)20(25)14-5-7-16(21)18(9-14)29(3,26)27/h4-9,17H,10-11H2,1-3H3,(H,22,24). The van der Waals surface area contributed by atoms with Crippen LogP contribution in [0.4, 0.5) is 5.69 Å². The topological polar surface area (TPSA) is 83.6 Å². The zero-order valence-electron chi connectivity index (χ0n) is 16.2. The van der Waals surface area contributed by atoms with Gasteiger partial charge < -0.3 is 10.2 Å². The average Bonchev–Trinajstić information content (AvgIpc) is 3.13. The number of aryl methyl sites for hydroxylation is 2. The molecule has 0 aromatic heterocycles. The lowest BCUT2D eigenvalue weighted by molar-refractivity contribution is -0.119. The number of sulfone groups is 1. The van der Waals surface area contributed by atoms with Crippen molar-refractivity contribution in [2.45, 2.75) is 24.8 Å². The van der Waals surface area contributed by atoms with E-state index in [2.05, 4.69) is 5.32 Å². The molecular formula is C20H21ClN2O4S2. The summed E-state index contributed by atoms with van der Waals surface area (Å²) in [7, 11) is -3.58. The van der Waals surface area contributed by atoms with Crippen LogP contribution in [0.2, 0.25) is 5.02 Å². The van der Waals surface area contributed by atoms with Crippen molar-refractivity contribution in [2.75, 3.05) is 23.2 Å². The predicted octanol–water partition coefficient (Wildman–Crippen LogP) is 3.51. The van der Waals surface area contributed by atoms with Crippen LogP contribution in [-0.4, -0.2) is 49.1 Å². The molecule has 0 aliphatic carbocycles. The van der Waals surface area contributed by atoms with Gasteiger partial charge in [-0.2, -0.15) is 0 Å². The zero-order chi connectivity index (χ0) is 21.3. The normalized spacial score (nSPS) is 16.7. The summed E-state index contributed by atoms with van der Waals surface area (Å²) in [5.41, 5.74) is 3.04. The molecule has 2 aromatic carbocycles. The van der Waals surface area contributed by atoms with Crippen LogP contribution in [0.15, 0.2) is 41.3 Å². The first-order valence-electron chi connectivity index (χ1n) is 8.84. The number of carbonyl (C=O) groups is 2. The monoisotopic (exact) mass is 452 g/mol. The van der Waals surface area contributed by atoms with Crippen molar-refractivity contribution in [3.05, 3.63) is 58.1 Å². The molecule has 1 saturated heterocycles. The van der Waals surface area contributed by atoms with Crippen molar-refractivity contribution >= 4 is 50.7 Å². The predicted molar refractivity (Wildman–Crippen MR) is 116 cm³/mol. The van der Waals surface area contributed by atoms with Crippen molar-refractivity contribution in [2.24, 2.45) is 0 Å². The summed E-state index contributed by atoms with van der Waals surface area (Å²) in [5.74, 6) is 0.135. The summed E-state index contributed by atoms with van der Waals surface area (Å²) in [6.07, 6.45) is 1.04. The largest absolute Gasteiger partial charge is 0.324 e. The number of nitrogens with one attached hydrogen (secondary N) is 1. The summed E-state index contributed by atoms with van der Waals surface area (Å²) in [4.78, 5) is 27.2. The van der Waals surface area contributed by atoms with Gasteiger partial charge in [-0.3, -0.25) is 9.59 Å². The number of benzene rings is 2. The first kappa shape index (κ1) is 21.7. The number of nitrogens with zero attached hydrogens (tertiary/aromatic N) is 1. The first-order valence-corrected chi connectivity index (χ1v) is 12.3. The number of hydrogen-bond acceptors (Lipinski definition) is 5. The Morgan fingerprint density at radius 1 is 1.14 bits per heavy atom. The van der Waals surface area contributed by atoms with Gasteiger partial charge in [0.2, 0.25) is 5.91 Å². The maximum atomic E-state index is 13.0. The van der Waals surface area contributed by atoms with E-state index in [0.29, 0.717) is 17.3 Å². The minimum Gasteiger partial charge on any atom is -0.324 e. The van der Waals surface area contributed by atoms with E-state index < -0.39 is 21.8 Å². The van der Waals surface area contributed by atoms with Crippen LogP contribution in [-0.2, 0) is 14.6 Å². The Morgan fingerprint density at radius 3 is 2.52 bits per heavy atom. The third-order valence-corrected chi connectivity index (χ3v) is 7.39. The zero-order valence-corrected chi connectivity index (χ0v) is 18.6. The summed E-state index contributed by atoms with van der Waals surface area (Å²) >= 11 is 7.44.